The fraction of sp³-hybridized carbons (Fsp3) is 0.632. The minimum absolute atomic E-state index is 0.153. The fourth-order valence-electron chi connectivity index (χ4n) is 3.57. The molecule has 4 heteroatoms. The lowest BCUT2D eigenvalue weighted by Crippen LogP contribution is -2.43. The quantitative estimate of drug-likeness (QED) is 0.795. The first-order valence-corrected chi connectivity index (χ1v) is 8.88. The first kappa shape index (κ1) is 16.2. The summed E-state index contributed by atoms with van der Waals surface area (Å²) in [6.45, 7) is 2.52. The van der Waals surface area contributed by atoms with Crippen molar-refractivity contribution in [3.05, 3.63) is 23.8 Å². The maximum Gasteiger partial charge on any atom is 0.254 e. The van der Waals surface area contributed by atoms with E-state index in [1.807, 2.05) is 25.1 Å². The van der Waals surface area contributed by atoms with E-state index in [1.54, 1.807) is 7.11 Å². The number of hydrogen-bond donors (Lipinski definition) is 0. The molecule has 0 unspecified atom stereocenters. The van der Waals surface area contributed by atoms with Crippen LogP contribution in [-0.2, 0) is 0 Å². The molecule has 3 rings (SSSR count). The van der Waals surface area contributed by atoms with Gasteiger partial charge >= 0.3 is 0 Å². The fourth-order valence-corrected chi connectivity index (χ4v) is 3.57. The van der Waals surface area contributed by atoms with E-state index in [0.29, 0.717) is 35.8 Å². The molecule has 126 valence electrons. The summed E-state index contributed by atoms with van der Waals surface area (Å²) in [5.41, 5.74) is 0.711. The van der Waals surface area contributed by atoms with Gasteiger partial charge in [-0.3, -0.25) is 4.79 Å². The van der Waals surface area contributed by atoms with Gasteiger partial charge in [-0.15, -0.1) is 0 Å². The van der Waals surface area contributed by atoms with E-state index in [4.69, 9.17) is 9.47 Å². The van der Waals surface area contributed by atoms with Crippen molar-refractivity contribution in [1.29, 1.82) is 0 Å². The van der Waals surface area contributed by atoms with E-state index in [0.717, 1.165) is 25.7 Å². The third-order valence-corrected chi connectivity index (χ3v) is 4.85. The summed E-state index contributed by atoms with van der Waals surface area (Å²) in [5, 5.41) is 0. The van der Waals surface area contributed by atoms with Crippen LogP contribution in [0.1, 0.15) is 62.2 Å². The lowest BCUT2D eigenvalue weighted by Gasteiger charge is -2.34. The van der Waals surface area contributed by atoms with E-state index in [1.165, 1.54) is 19.3 Å². The van der Waals surface area contributed by atoms with E-state index in [9.17, 15) is 4.79 Å². The van der Waals surface area contributed by atoms with Crippen LogP contribution in [0.4, 0.5) is 0 Å². The number of nitrogens with zero attached hydrogens (tertiary/aromatic N) is 1. The van der Waals surface area contributed by atoms with Crippen LogP contribution >= 0.6 is 0 Å². The third kappa shape index (κ3) is 3.62. The maximum atomic E-state index is 13.1. The lowest BCUT2D eigenvalue weighted by atomic mass is 9.93. The monoisotopic (exact) mass is 317 g/mol. The Bertz CT molecular complexity index is 548. The van der Waals surface area contributed by atoms with E-state index < -0.39 is 0 Å². The molecule has 0 N–H and O–H groups in total. The van der Waals surface area contributed by atoms with Gasteiger partial charge in [-0.25, -0.2) is 0 Å². The molecule has 2 fully saturated rings. The summed E-state index contributed by atoms with van der Waals surface area (Å²) in [6, 6.07) is 6.41. The molecule has 2 saturated carbocycles. The van der Waals surface area contributed by atoms with Crippen molar-refractivity contribution in [2.75, 3.05) is 13.7 Å². The molecule has 0 saturated heterocycles. The van der Waals surface area contributed by atoms with E-state index in [-0.39, 0.29) is 5.91 Å². The molecule has 1 amide bonds. The number of hydrogen-bond acceptors (Lipinski definition) is 3. The first-order chi connectivity index (χ1) is 11.2. The molecule has 0 aliphatic heterocycles. The van der Waals surface area contributed by atoms with Crippen LogP contribution in [0.2, 0.25) is 0 Å². The number of benzene rings is 1. The highest BCUT2D eigenvalue weighted by atomic mass is 16.5. The van der Waals surface area contributed by atoms with Crippen molar-refractivity contribution in [2.45, 2.75) is 64.0 Å². The normalized spacial score (nSPS) is 18.5. The molecule has 0 bridgehead atoms. The summed E-state index contributed by atoms with van der Waals surface area (Å²) < 4.78 is 10.9. The van der Waals surface area contributed by atoms with Gasteiger partial charge in [0.25, 0.3) is 5.91 Å². The van der Waals surface area contributed by atoms with Gasteiger partial charge in [-0.2, -0.15) is 0 Å². The molecule has 4 nitrogen and oxygen atoms in total. The highest BCUT2D eigenvalue weighted by Crippen LogP contribution is 2.36. The van der Waals surface area contributed by atoms with Crippen molar-refractivity contribution in [3.63, 3.8) is 0 Å². The van der Waals surface area contributed by atoms with Gasteiger partial charge < -0.3 is 14.4 Å². The molecule has 1 aromatic rings. The van der Waals surface area contributed by atoms with Crippen LogP contribution in [0.5, 0.6) is 11.5 Å². The Morgan fingerprint density at radius 1 is 1.09 bits per heavy atom. The lowest BCUT2D eigenvalue weighted by molar-refractivity contribution is 0.0613. The van der Waals surface area contributed by atoms with Crippen LogP contribution in [0, 0.1) is 0 Å². The van der Waals surface area contributed by atoms with Crippen molar-refractivity contribution in [1.82, 2.24) is 4.90 Å². The van der Waals surface area contributed by atoms with Gasteiger partial charge in [-0.1, -0.05) is 19.3 Å². The Balaban J connectivity index is 1.82. The van der Waals surface area contributed by atoms with Crippen LogP contribution in [0.25, 0.3) is 0 Å². The van der Waals surface area contributed by atoms with Gasteiger partial charge in [-0.05, 0) is 50.8 Å². The molecule has 2 aliphatic carbocycles. The van der Waals surface area contributed by atoms with Gasteiger partial charge in [0.2, 0.25) is 0 Å². The second-order valence-electron chi connectivity index (χ2n) is 6.53. The number of ether oxygens (including phenoxy) is 2. The highest BCUT2D eigenvalue weighted by molar-refractivity contribution is 5.95. The van der Waals surface area contributed by atoms with Gasteiger partial charge in [0, 0.05) is 17.6 Å². The Hall–Kier alpha value is -1.71. The zero-order valence-electron chi connectivity index (χ0n) is 14.2. The minimum atomic E-state index is 0.153. The van der Waals surface area contributed by atoms with Gasteiger partial charge in [0.1, 0.15) is 0 Å². The topological polar surface area (TPSA) is 38.8 Å². The summed E-state index contributed by atoms with van der Waals surface area (Å²) in [7, 11) is 1.62. The third-order valence-electron chi connectivity index (χ3n) is 4.85. The molecule has 2 aliphatic rings. The Labute approximate surface area is 138 Å². The van der Waals surface area contributed by atoms with E-state index in [2.05, 4.69) is 4.90 Å². The average molecular weight is 317 g/mol. The molecule has 1 aromatic carbocycles. The van der Waals surface area contributed by atoms with Crippen LogP contribution < -0.4 is 9.47 Å². The van der Waals surface area contributed by atoms with Crippen molar-refractivity contribution in [2.24, 2.45) is 0 Å². The minimum Gasteiger partial charge on any atom is -0.493 e. The van der Waals surface area contributed by atoms with Crippen molar-refractivity contribution < 1.29 is 14.3 Å². The smallest absolute Gasteiger partial charge is 0.254 e. The van der Waals surface area contributed by atoms with Crippen LogP contribution in [-0.4, -0.2) is 36.6 Å². The van der Waals surface area contributed by atoms with Crippen molar-refractivity contribution >= 4 is 5.91 Å². The average Bonchev–Trinajstić information content (AvgIpc) is 3.41. The second-order valence-corrected chi connectivity index (χ2v) is 6.53. The number of rotatable bonds is 6. The standard InChI is InChI=1S/C19H27NO3/c1-3-23-17-12-9-14(13-18(17)22-2)19(21)20(16-10-11-16)15-7-5-4-6-8-15/h9,12-13,15-16H,3-8,10-11H2,1-2H3. The predicted octanol–water partition coefficient (Wildman–Crippen LogP) is 4.03. The first-order valence-electron chi connectivity index (χ1n) is 8.88. The predicted molar refractivity (Wildman–Crippen MR) is 90.2 cm³/mol. The zero-order chi connectivity index (χ0) is 16.2. The molecular formula is C19H27NO3. The van der Waals surface area contributed by atoms with Gasteiger partial charge in [0.05, 0.1) is 13.7 Å². The largest absolute Gasteiger partial charge is 0.493 e. The molecular weight excluding hydrogens is 290 g/mol. The molecule has 0 spiro atoms. The molecule has 0 radical (unpaired) electrons. The molecule has 0 heterocycles. The highest BCUT2D eigenvalue weighted by Gasteiger charge is 2.38. The van der Waals surface area contributed by atoms with Crippen molar-refractivity contribution in [3.8, 4) is 11.5 Å². The van der Waals surface area contributed by atoms with Crippen LogP contribution in [0.3, 0.4) is 0 Å². The Kier molecular flexibility index (Phi) is 5.09. The summed E-state index contributed by atoms with van der Waals surface area (Å²) in [5.74, 6) is 1.49. The van der Waals surface area contributed by atoms with Crippen LogP contribution in [0.15, 0.2) is 18.2 Å². The Morgan fingerprint density at radius 3 is 2.39 bits per heavy atom. The zero-order valence-corrected chi connectivity index (χ0v) is 14.2. The summed E-state index contributed by atoms with van der Waals surface area (Å²) >= 11 is 0. The summed E-state index contributed by atoms with van der Waals surface area (Å²) in [6.07, 6.45) is 8.39. The maximum absolute atomic E-state index is 13.1. The number of carbonyl (C=O) groups excluding carboxylic acids is 1. The second kappa shape index (κ2) is 7.24. The summed E-state index contributed by atoms with van der Waals surface area (Å²) in [4.78, 5) is 15.3. The Morgan fingerprint density at radius 2 is 1.78 bits per heavy atom. The molecule has 23 heavy (non-hydrogen) atoms. The molecule has 0 aromatic heterocycles. The van der Waals surface area contributed by atoms with Gasteiger partial charge in [0.15, 0.2) is 11.5 Å². The molecule has 0 atom stereocenters. The number of amides is 1. The number of methoxy groups -OCH3 is 1. The number of carbonyl (C=O) groups is 1. The SMILES string of the molecule is CCOc1ccc(C(=O)N(C2CCCCC2)C2CC2)cc1OC. The van der Waals surface area contributed by atoms with E-state index >= 15 is 0 Å².